The first-order valence-corrected chi connectivity index (χ1v) is 7.01. The third-order valence-electron chi connectivity index (χ3n) is 3.40. The molecule has 0 atom stereocenters. The SMILES string of the molecule is Cc1ccnc2c1nc(N)n2CCCOc1ccccc1. The highest BCUT2D eigenvalue weighted by Gasteiger charge is 2.10. The number of benzene rings is 1. The summed E-state index contributed by atoms with van der Waals surface area (Å²) >= 11 is 0. The molecule has 0 aliphatic heterocycles. The molecule has 0 fully saturated rings. The Bertz CT molecular complexity index is 737. The maximum absolute atomic E-state index is 5.99. The van der Waals surface area contributed by atoms with Crippen LogP contribution in [0.25, 0.3) is 11.2 Å². The molecule has 5 heteroatoms. The van der Waals surface area contributed by atoms with E-state index in [1.807, 2.05) is 47.9 Å². The summed E-state index contributed by atoms with van der Waals surface area (Å²) in [6.45, 7) is 3.39. The van der Waals surface area contributed by atoms with Gasteiger partial charge in [0.15, 0.2) is 5.65 Å². The molecule has 0 bridgehead atoms. The van der Waals surface area contributed by atoms with Crippen molar-refractivity contribution in [1.29, 1.82) is 0 Å². The molecule has 108 valence electrons. The molecule has 0 spiro atoms. The van der Waals surface area contributed by atoms with Crippen LogP contribution in [0, 0.1) is 6.92 Å². The fraction of sp³-hybridized carbons (Fsp3) is 0.250. The first kappa shape index (κ1) is 13.4. The lowest BCUT2D eigenvalue weighted by Crippen LogP contribution is -2.08. The molecule has 21 heavy (non-hydrogen) atoms. The van der Waals surface area contributed by atoms with Gasteiger partial charge >= 0.3 is 0 Å². The van der Waals surface area contributed by atoms with E-state index in [4.69, 9.17) is 10.5 Å². The van der Waals surface area contributed by atoms with Crippen molar-refractivity contribution < 1.29 is 4.74 Å². The number of nitrogens with zero attached hydrogens (tertiary/aromatic N) is 3. The highest BCUT2D eigenvalue weighted by Crippen LogP contribution is 2.19. The lowest BCUT2D eigenvalue weighted by atomic mass is 10.3. The van der Waals surface area contributed by atoms with Crippen LogP contribution in [0.1, 0.15) is 12.0 Å². The second kappa shape index (κ2) is 5.83. The standard InChI is InChI=1S/C16H18N4O/c1-12-8-9-18-15-14(12)19-16(17)20(15)10-5-11-21-13-6-3-2-4-7-13/h2-4,6-9H,5,10-11H2,1H3,(H2,17,19). The topological polar surface area (TPSA) is 66.0 Å². The van der Waals surface area contributed by atoms with Crippen molar-refractivity contribution in [3.8, 4) is 5.75 Å². The van der Waals surface area contributed by atoms with E-state index in [0.717, 1.165) is 35.4 Å². The highest BCUT2D eigenvalue weighted by atomic mass is 16.5. The van der Waals surface area contributed by atoms with Gasteiger partial charge in [-0.2, -0.15) is 0 Å². The number of nitrogens with two attached hydrogens (primary N) is 1. The third kappa shape index (κ3) is 2.81. The summed E-state index contributed by atoms with van der Waals surface area (Å²) in [5.41, 5.74) is 8.79. The Morgan fingerprint density at radius 1 is 1.19 bits per heavy atom. The van der Waals surface area contributed by atoms with Crippen LogP contribution in [0.3, 0.4) is 0 Å². The van der Waals surface area contributed by atoms with Crippen molar-refractivity contribution in [2.75, 3.05) is 12.3 Å². The molecule has 0 saturated carbocycles. The van der Waals surface area contributed by atoms with E-state index in [1.165, 1.54) is 0 Å². The average molecular weight is 282 g/mol. The number of fused-ring (bicyclic) bond motifs is 1. The number of ether oxygens (including phenoxy) is 1. The molecule has 0 unspecified atom stereocenters. The molecule has 0 saturated heterocycles. The van der Waals surface area contributed by atoms with Gasteiger partial charge in [0.25, 0.3) is 0 Å². The monoisotopic (exact) mass is 282 g/mol. The van der Waals surface area contributed by atoms with Crippen molar-refractivity contribution in [2.24, 2.45) is 0 Å². The van der Waals surface area contributed by atoms with Gasteiger partial charge in [-0.15, -0.1) is 0 Å². The number of hydrogen-bond acceptors (Lipinski definition) is 4. The highest BCUT2D eigenvalue weighted by molar-refractivity contribution is 5.77. The normalized spacial score (nSPS) is 10.9. The second-order valence-electron chi connectivity index (χ2n) is 4.94. The van der Waals surface area contributed by atoms with Crippen LogP contribution in [-0.4, -0.2) is 21.1 Å². The predicted octanol–water partition coefficient (Wildman–Crippen LogP) is 2.79. The summed E-state index contributed by atoms with van der Waals surface area (Å²) in [7, 11) is 0. The fourth-order valence-corrected chi connectivity index (χ4v) is 2.31. The summed E-state index contributed by atoms with van der Waals surface area (Å²) in [4.78, 5) is 8.77. The minimum atomic E-state index is 0.506. The molecule has 1 aromatic carbocycles. The number of rotatable bonds is 5. The van der Waals surface area contributed by atoms with E-state index in [-0.39, 0.29) is 0 Å². The third-order valence-corrected chi connectivity index (χ3v) is 3.40. The van der Waals surface area contributed by atoms with Crippen LogP contribution in [0.15, 0.2) is 42.6 Å². The van der Waals surface area contributed by atoms with Gasteiger partial charge in [-0.3, -0.25) is 4.57 Å². The van der Waals surface area contributed by atoms with Crippen molar-refractivity contribution in [2.45, 2.75) is 19.9 Å². The van der Waals surface area contributed by atoms with Gasteiger partial charge in [-0.1, -0.05) is 18.2 Å². The maximum atomic E-state index is 5.99. The van der Waals surface area contributed by atoms with Gasteiger partial charge in [-0.25, -0.2) is 9.97 Å². The zero-order valence-corrected chi connectivity index (χ0v) is 12.0. The Morgan fingerprint density at radius 3 is 2.81 bits per heavy atom. The van der Waals surface area contributed by atoms with Gasteiger partial charge in [-0.05, 0) is 37.1 Å². The van der Waals surface area contributed by atoms with Crippen LogP contribution >= 0.6 is 0 Å². The largest absolute Gasteiger partial charge is 0.494 e. The second-order valence-corrected chi connectivity index (χ2v) is 4.94. The summed E-state index contributed by atoms with van der Waals surface area (Å²) in [6, 6.07) is 11.7. The van der Waals surface area contributed by atoms with Crippen molar-refractivity contribution in [1.82, 2.24) is 14.5 Å². The van der Waals surface area contributed by atoms with Crippen molar-refractivity contribution in [3.05, 3.63) is 48.2 Å². The molecular formula is C16H18N4O. The number of hydrogen-bond donors (Lipinski definition) is 1. The van der Waals surface area contributed by atoms with Crippen LogP contribution in [0.2, 0.25) is 0 Å². The summed E-state index contributed by atoms with van der Waals surface area (Å²) < 4.78 is 7.63. The summed E-state index contributed by atoms with van der Waals surface area (Å²) in [5, 5.41) is 0. The molecule has 2 aromatic heterocycles. The molecule has 0 aliphatic carbocycles. The van der Waals surface area contributed by atoms with E-state index in [1.54, 1.807) is 6.20 Å². The lowest BCUT2D eigenvalue weighted by molar-refractivity contribution is 0.303. The molecule has 0 aliphatic rings. The molecule has 2 N–H and O–H groups in total. The molecule has 3 rings (SSSR count). The van der Waals surface area contributed by atoms with Crippen LogP contribution in [0.5, 0.6) is 5.75 Å². The Balaban J connectivity index is 1.66. The van der Waals surface area contributed by atoms with Gasteiger partial charge in [0.05, 0.1) is 6.61 Å². The predicted molar refractivity (Wildman–Crippen MR) is 83.2 cm³/mol. The Morgan fingerprint density at radius 2 is 2.00 bits per heavy atom. The lowest BCUT2D eigenvalue weighted by Gasteiger charge is -2.08. The summed E-state index contributed by atoms with van der Waals surface area (Å²) in [6.07, 6.45) is 2.63. The van der Waals surface area contributed by atoms with Gasteiger partial charge in [0.2, 0.25) is 5.95 Å². The Labute approximate surface area is 123 Å². The van der Waals surface area contributed by atoms with Gasteiger partial charge < -0.3 is 10.5 Å². The molecule has 3 aromatic rings. The van der Waals surface area contributed by atoms with Gasteiger partial charge in [0, 0.05) is 12.7 Å². The fourth-order valence-electron chi connectivity index (χ4n) is 2.31. The molecule has 5 nitrogen and oxygen atoms in total. The number of aryl methyl sites for hydroxylation is 2. The van der Waals surface area contributed by atoms with E-state index in [2.05, 4.69) is 9.97 Å². The zero-order valence-electron chi connectivity index (χ0n) is 12.0. The summed E-state index contributed by atoms with van der Waals surface area (Å²) in [5.74, 6) is 1.39. The number of aromatic nitrogens is 3. The van der Waals surface area contributed by atoms with Crippen molar-refractivity contribution in [3.63, 3.8) is 0 Å². The molecule has 0 amide bonds. The Kier molecular flexibility index (Phi) is 3.73. The average Bonchev–Trinajstić information content (AvgIpc) is 2.82. The first-order chi connectivity index (χ1) is 10.3. The maximum Gasteiger partial charge on any atom is 0.202 e. The van der Waals surface area contributed by atoms with E-state index < -0.39 is 0 Å². The van der Waals surface area contributed by atoms with Crippen LogP contribution in [0.4, 0.5) is 5.95 Å². The number of para-hydroxylation sites is 1. The molecule has 2 heterocycles. The Hall–Kier alpha value is -2.56. The van der Waals surface area contributed by atoms with Crippen LogP contribution in [-0.2, 0) is 6.54 Å². The number of nitrogen functional groups attached to an aromatic ring is 1. The molecule has 0 radical (unpaired) electrons. The zero-order chi connectivity index (χ0) is 14.7. The molecular weight excluding hydrogens is 264 g/mol. The smallest absolute Gasteiger partial charge is 0.202 e. The van der Waals surface area contributed by atoms with E-state index >= 15 is 0 Å². The van der Waals surface area contributed by atoms with Gasteiger partial charge in [0.1, 0.15) is 11.3 Å². The number of pyridine rings is 1. The number of anilines is 1. The first-order valence-electron chi connectivity index (χ1n) is 7.01. The van der Waals surface area contributed by atoms with E-state index in [9.17, 15) is 0 Å². The quantitative estimate of drug-likeness (QED) is 0.731. The minimum Gasteiger partial charge on any atom is -0.494 e. The van der Waals surface area contributed by atoms with E-state index in [0.29, 0.717) is 12.6 Å². The van der Waals surface area contributed by atoms with Crippen molar-refractivity contribution >= 4 is 17.1 Å². The van der Waals surface area contributed by atoms with Crippen LogP contribution < -0.4 is 10.5 Å². The number of imidazole rings is 1. The minimum absolute atomic E-state index is 0.506.